The lowest BCUT2D eigenvalue weighted by Gasteiger charge is -2.19. The van der Waals surface area contributed by atoms with Gasteiger partial charge in [0.25, 0.3) is 0 Å². The molecule has 0 aliphatic heterocycles. The summed E-state index contributed by atoms with van der Waals surface area (Å²) in [7, 11) is 0. The molecule has 0 radical (unpaired) electrons. The number of nitrogens with one attached hydrogen (secondary N) is 1. The summed E-state index contributed by atoms with van der Waals surface area (Å²) >= 11 is 5.26. The van der Waals surface area contributed by atoms with Crippen molar-refractivity contribution in [2.75, 3.05) is 0 Å². The molecule has 2 rings (SSSR count). The van der Waals surface area contributed by atoms with E-state index in [-0.39, 0.29) is 0 Å². The molecule has 3 unspecified atom stereocenters. The van der Waals surface area contributed by atoms with E-state index in [1.165, 1.54) is 22.2 Å². The highest BCUT2D eigenvalue weighted by molar-refractivity contribution is 9.11. The quantitative estimate of drug-likeness (QED) is 0.885. The van der Waals surface area contributed by atoms with Gasteiger partial charge in [-0.3, -0.25) is 0 Å². The van der Waals surface area contributed by atoms with Gasteiger partial charge in [0.2, 0.25) is 0 Å². The second kappa shape index (κ2) is 4.98. The number of thiophene rings is 1. The van der Waals surface area contributed by atoms with Crippen LogP contribution in [-0.2, 0) is 6.54 Å². The molecule has 84 valence electrons. The van der Waals surface area contributed by atoms with Crippen LogP contribution in [0.4, 0.5) is 0 Å². The normalized spacial score (nSPS) is 31.0. The minimum atomic E-state index is 0.721. The van der Waals surface area contributed by atoms with Crippen LogP contribution in [0.5, 0.6) is 0 Å². The lowest BCUT2D eigenvalue weighted by Crippen LogP contribution is -2.31. The molecule has 0 bridgehead atoms. The Bertz CT molecular complexity index is 323. The fourth-order valence-corrected chi connectivity index (χ4v) is 3.55. The van der Waals surface area contributed by atoms with E-state index in [1.54, 1.807) is 11.3 Å². The van der Waals surface area contributed by atoms with Crippen molar-refractivity contribution >= 4 is 27.3 Å². The fourth-order valence-electron chi connectivity index (χ4n) is 2.34. The maximum absolute atomic E-state index is 3.68. The lowest BCUT2D eigenvalue weighted by molar-refractivity contribution is 0.370. The van der Waals surface area contributed by atoms with Crippen molar-refractivity contribution in [3.05, 3.63) is 20.8 Å². The van der Waals surface area contributed by atoms with E-state index in [0.717, 1.165) is 24.4 Å². The Balaban J connectivity index is 1.83. The number of rotatable bonds is 3. The molecule has 1 saturated carbocycles. The number of hydrogen-bond acceptors (Lipinski definition) is 2. The summed E-state index contributed by atoms with van der Waals surface area (Å²) in [4.78, 5) is 0. The van der Waals surface area contributed by atoms with Crippen molar-refractivity contribution in [1.82, 2.24) is 5.32 Å². The second-order valence-electron chi connectivity index (χ2n) is 4.66. The Morgan fingerprint density at radius 3 is 2.80 bits per heavy atom. The summed E-state index contributed by atoms with van der Waals surface area (Å²) in [6, 6.07) is 2.93. The molecule has 3 heteroatoms. The molecule has 0 aromatic carbocycles. The molecule has 3 atom stereocenters. The standard InChI is InChI=1S/C12H18BrNS/c1-8-3-4-11(9(8)2)14-6-10-5-12(13)15-7-10/h5,7-9,11,14H,3-4,6H2,1-2H3. The third-order valence-corrected chi connectivity index (χ3v) is 5.21. The molecule has 1 N–H and O–H groups in total. The van der Waals surface area contributed by atoms with Gasteiger partial charge in [-0.2, -0.15) is 0 Å². The van der Waals surface area contributed by atoms with Crippen LogP contribution in [0.3, 0.4) is 0 Å². The van der Waals surface area contributed by atoms with E-state index >= 15 is 0 Å². The first kappa shape index (κ1) is 11.6. The van der Waals surface area contributed by atoms with Gasteiger partial charge in [0.1, 0.15) is 0 Å². The van der Waals surface area contributed by atoms with E-state index in [9.17, 15) is 0 Å². The first-order valence-electron chi connectivity index (χ1n) is 5.63. The molecule has 0 amide bonds. The van der Waals surface area contributed by atoms with Crippen molar-refractivity contribution in [2.24, 2.45) is 11.8 Å². The predicted octanol–water partition coefficient (Wildman–Crippen LogP) is 4.03. The van der Waals surface area contributed by atoms with E-state index in [4.69, 9.17) is 0 Å². The van der Waals surface area contributed by atoms with Crippen LogP contribution in [0.25, 0.3) is 0 Å². The molecule has 1 fully saturated rings. The number of hydrogen-bond donors (Lipinski definition) is 1. The maximum Gasteiger partial charge on any atom is 0.0701 e. The topological polar surface area (TPSA) is 12.0 Å². The Morgan fingerprint density at radius 2 is 2.27 bits per heavy atom. The summed E-state index contributed by atoms with van der Waals surface area (Å²) in [6.45, 7) is 5.76. The minimum absolute atomic E-state index is 0.721. The Hall–Kier alpha value is 0.140. The smallest absolute Gasteiger partial charge is 0.0701 e. The molecule has 1 aromatic heterocycles. The van der Waals surface area contributed by atoms with Crippen LogP contribution >= 0.6 is 27.3 Å². The second-order valence-corrected chi connectivity index (χ2v) is 6.95. The average Bonchev–Trinajstić information content (AvgIpc) is 2.74. The first-order valence-corrected chi connectivity index (χ1v) is 7.30. The van der Waals surface area contributed by atoms with Crippen LogP contribution in [0.2, 0.25) is 0 Å². The van der Waals surface area contributed by atoms with Gasteiger partial charge in [-0.25, -0.2) is 0 Å². The molecule has 15 heavy (non-hydrogen) atoms. The zero-order chi connectivity index (χ0) is 10.8. The summed E-state index contributed by atoms with van der Waals surface area (Å²) in [6.07, 6.45) is 2.72. The zero-order valence-electron chi connectivity index (χ0n) is 9.29. The maximum atomic E-state index is 3.68. The molecule has 1 aliphatic carbocycles. The molecule has 0 spiro atoms. The van der Waals surface area contributed by atoms with Crippen molar-refractivity contribution in [3.8, 4) is 0 Å². The third-order valence-electron chi connectivity index (χ3n) is 3.66. The highest BCUT2D eigenvalue weighted by Crippen LogP contribution is 2.31. The van der Waals surface area contributed by atoms with Gasteiger partial charge in [-0.1, -0.05) is 13.8 Å². The first-order chi connectivity index (χ1) is 7.16. The highest BCUT2D eigenvalue weighted by Gasteiger charge is 2.28. The van der Waals surface area contributed by atoms with Gasteiger partial charge >= 0.3 is 0 Å². The number of halogens is 1. The SMILES string of the molecule is CC1CCC(NCc2csc(Br)c2)C1C. The molecule has 1 aliphatic rings. The summed E-state index contributed by atoms with van der Waals surface area (Å²) in [5.41, 5.74) is 1.40. The Kier molecular flexibility index (Phi) is 3.86. The van der Waals surface area contributed by atoms with Gasteiger partial charge in [0.05, 0.1) is 3.79 Å². The van der Waals surface area contributed by atoms with Crippen LogP contribution in [0.15, 0.2) is 15.2 Å². The van der Waals surface area contributed by atoms with Crippen molar-refractivity contribution in [3.63, 3.8) is 0 Å². The largest absolute Gasteiger partial charge is 0.310 e. The summed E-state index contributed by atoms with van der Waals surface area (Å²) in [5, 5.41) is 5.90. The van der Waals surface area contributed by atoms with Gasteiger partial charge in [-0.05, 0) is 57.6 Å². The van der Waals surface area contributed by atoms with Crippen LogP contribution < -0.4 is 5.32 Å². The Labute approximate surface area is 104 Å². The summed E-state index contributed by atoms with van der Waals surface area (Å²) < 4.78 is 1.23. The molecule has 0 saturated heterocycles. The van der Waals surface area contributed by atoms with Gasteiger partial charge in [-0.15, -0.1) is 11.3 Å². The predicted molar refractivity (Wildman–Crippen MR) is 70.2 cm³/mol. The highest BCUT2D eigenvalue weighted by atomic mass is 79.9. The fraction of sp³-hybridized carbons (Fsp3) is 0.667. The van der Waals surface area contributed by atoms with E-state index in [1.807, 2.05) is 0 Å². The van der Waals surface area contributed by atoms with Crippen molar-refractivity contribution in [2.45, 2.75) is 39.3 Å². The minimum Gasteiger partial charge on any atom is -0.310 e. The Morgan fingerprint density at radius 1 is 1.47 bits per heavy atom. The van der Waals surface area contributed by atoms with Crippen LogP contribution in [0.1, 0.15) is 32.3 Å². The third kappa shape index (κ3) is 2.83. The lowest BCUT2D eigenvalue weighted by atomic mass is 9.98. The molecule has 1 nitrogen and oxygen atoms in total. The van der Waals surface area contributed by atoms with Crippen molar-refractivity contribution < 1.29 is 0 Å². The van der Waals surface area contributed by atoms with E-state index in [0.29, 0.717) is 0 Å². The van der Waals surface area contributed by atoms with Crippen LogP contribution in [-0.4, -0.2) is 6.04 Å². The van der Waals surface area contributed by atoms with E-state index in [2.05, 4.69) is 46.5 Å². The molecule has 1 heterocycles. The molecule has 1 aromatic rings. The zero-order valence-corrected chi connectivity index (χ0v) is 11.7. The van der Waals surface area contributed by atoms with Gasteiger partial charge < -0.3 is 5.32 Å². The molecular formula is C12H18BrNS. The van der Waals surface area contributed by atoms with Gasteiger partial charge in [0, 0.05) is 12.6 Å². The van der Waals surface area contributed by atoms with Crippen molar-refractivity contribution in [1.29, 1.82) is 0 Å². The monoisotopic (exact) mass is 287 g/mol. The van der Waals surface area contributed by atoms with Crippen LogP contribution in [0, 0.1) is 11.8 Å². The van der Waals surface area contributed by atoms with E-state index < -0.39 is 0 Å². The molecular weight excluding hydrogens is 270 g/mol. The van der Waals surface area contributed by atoms with Gasteiger partial charge in [0.15, 0.2) is 0 Å². The summed E-state index contributed by atoms with van der Waals surface area (Å²) in [5.74, 6) is 1.71. The average molecular weight is 288 g/mol.